The molecule has 0 aliphatic rings. The highest BCUT2D eigenvalue weighted by atomic mass is 16.2. The van der Waals surface area contributed by atoms with Gasteiger partial charge in [0.25, 0.3) is 0 Å². The number of benzene rings is 1. The molecule has 0 aliphatic heterocycles. The van der Waals surface area contributed by atoms with Gasteiger partial charge in [0.15, 0.2) is 0 Å². The lowest BCUT2D eigenvalue weighted by Gasteiger charge is -2.16. The molecule has 0 fully saturated rings. The van der Waals surface area contributed by atoms with Gasteiger partial charge in [-0.25, -0.2) is 0 Å². The van der Waals surface area contributed by atoms with Gasteiger partial charge in [-0.1, -0.05) is 12.1 Å². The first-order chi connectivity index (χ1) is 7.04. The Bertz CT molecular complexity index is 361. The number of anilines is 1. The van der Waals surface area contributed by atoms with Gasteiger partial charge in [0, 0.05) is 12.7 Å². The molecular formula is C12H18N2O. The van der Waals surface area contributed by atoms with E-state index in [0.29, 0.717) is 0 Å². The lowest BCUT2D eigenvalue weighted by atomic mass is 10.1. The zero-order chi connectivity index (χ0) is 11.4. The predicted octanol–water partition coefficient (Wildman–Crippen LogP) is 1.85. The SMILES string of the molecule is CNC(=O)C(C)Nc1cc(C)ccc1C. The van der Waals surface area contributed by atoms with Gasteiger partial charge < -0.3 is 10.6 Å². The van der Waals surface area contributed by atoms with Gasteiger partial charge in [0.2, 0.25) is 5.91 Å². The molecule has 2 N–H and O–H groups in total. The van der Waals surface area contributed by atoms with Crippen LogP contribution in [0.2, 0.25) is 0 Å². The van der Waals surface area contributed by atoms with Gasteiger partial charge in [0.05, 0.1) is 0 Å². The van der Waals surface area contributed by atoms with E-state index in [0.717, 1.165) is 11.3 Å². The maximum atomic E-state index is 11.3. The fourth-order valence-corrected chi connectivity index (χ4v) is 1.41. The Labute approximate surface area is 90.9 Å². The van der Waals surface area contributed by atoms with Crippen LogP contribution in [0.5, 0.6) is 0 Å². The van der Waals surface area contributed by atoms with Gasteiger partial charge in [0.1, 0.15) is 6.04 Å². The number of carbonyl (C=O) groups is 1. The van der Waals surface area contributed by atoms with E-state index >= 15 is 0 Å². The summed E-state index contributed by atoms with van der Waals surface area (Å²) >= 11 is 0. The summed E-state index contributed by atoms with van der Waals surface area (Å²) in [7, 11) is 1.64. The molecule has 0 bridgehead atoms. The average Bonchev–Trinajstić information content (AvgIpc) is 2.22. The van der Waals surface area contributed by atoms with Crippen molar-refractivity contribution < 1.29 is 4.79 Å². The summed E-state index contributed by atoms with van der Waals surface area (Å²) in [4.78, 5) is 11.3. The first kappa shape index (κ1) is 11.6. The van der Waals surface area contributed by atoms with E-state index in [-0.39, 0.29) is 11.9 Å². The molecule has 1 aromatic carbocycles. The van der Waals surface area contributed by atoms with E-state index < -0.39 is 0 Å². The summed E-state index contributed by atoms with van der Waals surface area (Å²) in [5.41, 5.74) is 3.36. The molecule has 1 atom stereocenters. The predicted molar refractivity (Wildman–Crippen MR) is 63.1 cm³/mol. The van der Waals surface area contributed by atoms with Crippen molar-refractivity contribution in [3.05, 3.63) is 29.3 Å². The molecule has 0 spiro atoms. The van der Waals surface area contributed by atoms with Gasteiger partial charge in [-0.05, 0) is 38.0 Å². The Hall–Kier alpha value is -1.51. The first-order valence-electron chi connectivity index (χ1n) is 5.10. The molecule has 1 unspecified atom stereocenters. The smallest absolute Gasteiger partial charge is 0.241 e. The zero-order valence-corrected chi connectivity index (χ0v) is 9.72. The molecule has 1 rings (SSSR count). The highest BCUT2D eigenvalue weighted by molar-refractivity contribution is 5.84. The molecule has 15 heavy (non-hydrogen) atoms. The minimum atomic E-state index is -0.213. The van der Waals surface area contributed by atoms with Crippen LogP contribution >= 0.6 is 0 Å². The first-order valence-corrected chi connectivity index (χ1v) is 5.10. The molecule has 0 saturated heterocycles. The number of hydrogen-bond acceptors (Lipinski definition) is 2. The topological polar surface area (TPSA) is 41.1 Å². The molecule has 3 heteroatoms. The van der Waals surface area contributed by atoms with E-state index in [1.165, 1.54) is 5.56 Å². The maximum absolute atomic E-state index is 11.3. The Morgan fingerprint density at radius 2 is 2.00 bits per heavy atom. The molecule has 1 aromatic rings. The third kappa shape index (κ3) is 2.98. The van der Waals surface area contributed by atoms with Gasteiger partial charge in [-0.2, -0.15) is 0 Å². The fourth-order valence-electron chi connectivity index (χ4n) is 1.41. The lowest BCUT2D eigenvalue weighted by Crippen LogP contribution is -2.35. The largest absolute Gasteiger partial charge is 0.374 e. The highest BCUT2D eigenvalue weighted by Gasteiger charge is 2.11. The number of carbonyl (C=O) groups excluding carboxylic acids is 1. The Balaban J connectivity index is 2.80. The Morgan fingerprint density at radius 3 is 2.60 bits per heavy atom. The van der Waals surface area contributed by atoms with Gasteiger partial charge >= 0.3 is 0 Å². The van der Waals surface area contributed by atoms with Crippen molar-refractivity contribution in [3.63, 3.8) is 0 Å². The molecular weight excluding hydrogens is 188 g/mol. The van der Waals surface area contributed by atoms with Gasteiger partial charge in [-0.3, -0.25) is 4.79 Å². The number of amides is 1. The van der Waals surface area contributed by atoms with E-state index in [2.05, 4.69) is 22.8 Å². The Morgan fingerprint density at radius 1 is 1.33 bits per heavy atom. The summed E-state index contributed by atoms with van der Waals surface area (Å²) in [6.07, 6.45) is 0. The molecule has 0 aromatic heterocycles. The monoisotopic (exact) mass is 206 g/mol. The minimum Gasteiger partial charge on any atom is -0.374 e. The van der Waals surface area contributed by atoms with Crippen molar-refractivity contribution in [3.8, 4) is 0 Å². The van der Waals surface area contributed by atoms with E-state index in [1.54, 1.807) is 7.05 Å². The van der Waals surface area contributed by atoms with Crippen LogP contribution in [0.25, 0.3) is 0 Å². The van der Waals surface area contributed by atoms with Crippen LogP contribution in [0, 0.1) is 13.8 Å². The minimum absolute atomic E-state index is 0.00379. The normalized spacial score (nSPS) is 12.0. The van der Waals surface area contributed by atoms with Crippen molar-refractivity contribution in [1.29, 1.82) is 0 Å². The summed E-state index contributed by atoms with van der Waals surface area (Å²) in [6.45, 7) is 5.91. The third-order valence-electron chi connectivity index (χ3n) is 2.40. The highest BCUT2D eigenvalue weighted by Crippen LogP contribution is 2.17. The van der Waals surface area contributed by atoms with E-state index in [4.69, 9.17) is 0 Å². The van der Waals surface area contributed by atoms with Crippen LogP contribution in [-0.2, 0) is 4.79 Å². The number of rotatable bonds is 3. The van der Waals surface area contributed by atoms with Crippen molar-refractivity contribution in [2.75, 3.05) is 12.4 Å². The van der Waals surface area contributed by atoms with Crippen molar-refractivity contribution in [2.45, 2.75) is 26.8 Å². The molecule has 1 amide bonds. The zero-order valence-electron chi connectivity index (χ0n) is 9.72. The van der Waals surface area contributed by atoms with Crippen LogP contribution in [-0.4, -0.2) is 19.0 Å². The molecule has 3 nitrogen and oxygen atoms in total. The standard InChI is InChI=1S/C12H18N2O/c1-8-5-6-9(2)11(7-8)14-10(3)12(15)13-4/h5-7,10,14H,1-4H3,(H,13,15). The average molecular weight is 206 g/mol. The third-order valence-corrected chi connectivity index (χ3v) is 2.40. The summed E-state index contributed by atoms with van der Waals surface area (Å²) in [5, 5.41) is 5.81. The summed E-state index contributed by atoms with van der Waals surface area (Å²) in [5.74, 6) is -0.00379. The van der Waals surface area contributed by atoms with E-state index in [9.17, 15) is 4.79 Å². The van der Waals surface area contributed by atoms with Crippen LogP contribution in [0.3, 0.4) is 0 Å². The van der Waals surface area contributed by atoms with Crippen LogP contribution < -0.4 is 10.6 Å². The fraction of sp³-hybridized carbons (Fsp3) is 0.417. The second kappa shape index (κ2) is 4.82. The van der Waals surface area contributed by atoms with Crippen molar-refractivity contribution >= 4 is 11.6 Å². The number of aryl methyl sites for hydroxylation is 2. The van der Waals surface area contributed by atoms with Crippen molar-refractivity contribution in [1.82, 2.24) is 5.32 Å². The summed E-state index contributed by atoms with van der Waals surface area (Å²) in [6, 6.07) is 5.95. The molecule has 0 radical (unpaired) electrons. The molecule has 0 aliphatic carbocycles. The maximum Gasteiger partial charge on any atom is 0.241 e. The molecule has 0 heterocycles. The number of hydrogen-bond donors (Lipinski definition) is 2. The van der Waals surface area contributed by atoms with E-state index in [1.807, 2.05) is 26.8 Å². The lowest BCUT2D eigenvalue weighted by molar-refractivity contribution is -0.121. The second-order valence-electron chi connectivity index (χ2n) is 3.80. The number of likely N-dealkylation sites (N-methyl/N-ethyl adjacent to an activating group) is 1. The van der Waals surface area contributed by atoms with Crippen molar-refractivity contribution in [2.24, 2.45) is 0 Å². The molecule has 82 valence electrons. The summed E-state index contributed by atoms with van der Waals surface area (Å²) < 4.78 is 0. The molecule has 0 saturated carbocycles. The van der Waals surface area contributed by atoms with Crippen LogP contribution in [0.1, 0.15) is 18.1 Å². The van der Waals surface area contributed by atoms with Crippen LogP contribution in [0.15, 0.2) is 18.2 Å². The quantitative estimate of drug-likeness (QED) is 0.792. The van der Waals surface area contributed by atoms with Crippen LogP contribution in [0.4, 0.5) is 5.69 Å². The number of nitrogens with one attached hydrogen (secondary N) is 2. The second-order valence-corrected chi connectivity index (χ2v) is 3.80. The van der Waals surface area contributed by atoms with Gasteiger partial charge in [-0.15, -0.1) is 0 Å². The Kier molecular flexibility index (Phi) is 3.72.